The van der Waals surface area contributed by atoms with Crippen LogP contribution in [-0.2, 0) is 14.3 Å². The number of imide groups is 1. The van der Waals surface area contributed by atoms with Crippen LogP contribution in [0.5, 0.6) is 0 Å². The number of hydrogen-bond acceptors (Lipinski definition) is 5. The zero-order valence-electron chi connectivity index (χ0n) is 18.6. The molecular formula is C24H38N2O4. The molecular weight excluding hydrogens is 380 g/mol. The predicted molar refractivity (Wildman–Crippen MR) is 119 cm³/mol. The van der Waals surface area contributed by atoms with Gasteiger partial charge in [0.05, 0.1) is 38.2 Å². The third kappa shape index (κ3) is 7.18. The minimum atomic E-state index is -0.226. The molecule has 168 valence electrons. The molecule has 0 radical (unpaired) electrons. The Kier molecular flexibility index (Phi) is 10.5. The number of aliphatic hydroxyl groups excluding tert-OH is 1. The van der Waals surface area contributed by atoms with Crippen molar-refractivity contribution in [1.82, 2.24) is 4.90 Å². The molecule has 6 heteroatoms. The number of carbonyl (C=O) groups excluding carboxylic acids is 2. The van der Waals surface area contributed by atoms with Gasteiger partial charge in [-0.3, -0.25) is 14.5 Å². The number of nitrogens with zero attached hydrogens (tertiary/aromatic N) is 1. The summed E-state index contributed by atoms with van der Waals surface area (Å²) in [4.78, 5) is 26.0. The topological polar surface area (TPSA) is 92.9 Å². The number of allylic oxidation sites excluding steroid dienone is 5. The van der Waals surface area contributed by atoms with E-state index >= 15 is 0 Å². The van der Waals surface area contributed by atoms with Gasteiger partial charge in [0.25, 0.3) is 0 Å². The summed E-state index contributed by atoms with van der Waals surface area (Å²) in [7, 11) is 0. The van der Waals surface area contributed by atoms with Crippen LogP contribution in [-0.4, -0.2) is 54.7 Å². The van der Waals surface area contributed by atoms with Gasteiger partial charge in [-0.25, -0.2) is 0 Å². The fourth-order valence-corrected chi connectivity index (χ4v) is 4.20. The van der Waals surface area contributed by atoms with Gasteiger partial charge in [0.2, 0.25) is 11.8 Å². The maximum atomic E-state index is 12.5. The lowest BCUT2D eigenvalue weighted by molar-refractivity contribution is -0.140. The summed E-state index contributed by atoms with van der Waals surface area (Å²) in [6.07, 6.45) is 13.0. The number of hydrogen-bond donors (Lipinski definition) is 2. The van der Waals surface area contributed by atoms with Crippen molar-refractivity contribution in [2.24, 2.45) is 17.6 Å². The van der Waals surface area contributed by atoms with Crippen LogP contribution in [0.2, 0.25) is 0 Å². The van der Waals surface area contributed by atoms with Crippen molar-refractivity contribution < 1.29 is 19.4 Å². The molecule has 0 aromatic rings. The van der Waals surface area contributed by atoms with Crippen molar-refractivity contribution in [1.29, 1.82) is 0 Å². The lowest BCUT2D eigenvalue weighted by atomic mass is 9.80. The molecule has 6 nitrogen and oxygen atoms in total. The molecule has 0 aromatic carbocycles. The Labute approximate surface area is 180 Å². The van der Waals surface area contributed by atoms with Crippen molar-refractivity contribution in [3.63, 3.8) is 0 Å². The summed E-state index contributed by atoms with van der Waals surface area (Å²) < 4.78 is 5.41. The van der Waals surface area contributed by atoms with Gasteiger partial charge in [-0.1, -0.05) is 34.9 Å². The van der Waals surface area contributed by atoms with E-state index in [9.17, 15) is 9.59 Å². The average Bonchev–Trinajstić information content (AvgIpc) is 2.96. The number of likely N-dealkylation sites (tertiary alicyclic amines) is 1. The maximum Gasteiger partial charge on any atom is 0.233 e. The van der Waals surface area contributed by atoms with Crippen LogP contribution >= 0.6 is 0 Å². The van der Waals surface area contributed by atoms with Gasteiger partial charge in [0.15, 0.2) is 0 Å². The first kappa shape index (κ1) is 24.5. The van der Waals surface area contributed by atoms with Crippen molar-refractivity contribution in [3.05, 3.63) is 34.9 Å². The molecule has 2 atom stereocenters. The highest BCUT2D eigenvalue weighted by molar-refractivity contribution is 6.05. The standard InChI is InChI=1S/C24H38N2O4/c1-18(5-3-6-19(2)11-15-30-16-12-25)7-4-8-20-9-10-21-22(17-20)24(29)26(13-14-27)23(21)28/h6-7,9,21-22,27H,3-5,8,10-17,25H2,1-2H3/b18-7+,19-6+. The summed E-state index contributed by atoms with van der Waals surface area (Å²) in [6, 6.07) is 0. The monoisotopic (exact) mass is 418 g/mol. The van der Waals surface area contributed by atoms with Crippen molar-refractivity contribution >= 4 is 11.8 Å². The van der Waals surface area contributed by atoms with Gasteiger partial charge >= 0.3 is 0 Å². The molecule has 1 fully saturated rings. The lowest BCUT2D eigenvalue weighted by Gasteiger charge is -2.21. The fourth-order valence-electron chi connectivity index (χ4n) is 4.20. The van der Waals surface area contributed by atoms with Crippen molar-refractivity contribution in [3.8, 4) is 0 Å². The number of nitrogens with two attached hydrogens (primary N) is 1. The average molecular weight is 419 g/mol. The van der Waals surface area contributed by atoms with E-state index in [1.54, 1.807) is 0 Å². The molecule has 1 heterocycles. The summed E-state index contributed by atoms with van der Waals surface area (Å²) >= 11 is 0. The van der Waals surface area contributed by atoms with E-state index in [1.807, 2.05) is 0 Å². The maximum absolute atomic E-state index is 12.5. The highest BCUT2D eigenvalue weighted by Gasteiger charge is 2.47. The van der Waals surface area contributed by atoms with Gasteiger partial charge in [-0.2, -0.15) is 0 Å². The second-order valence-corrected chi connectivity index (χ2v) is 8.40. The van der Waals surface area contributed by atoms with Gasteiger partial charge in [-0.15, -0.1) is 0 Å². The zero-order chi connectivity index (χ0) is 21.9. The minimum absolute atomic E-state index is 0.105. The normalized spacial score (nSPS) is 22.5. The van der Waals surface area contributed by atoms with Crippen LogP contribution < -0.4 is 5.73 Å². The molecule has 2 unspecified atom stereocenters. The van der Waals surface area contributed by atoms with E-state index in [1.165, 1.54) is 21.6 Å². The molecule has 1 aliphatic carbocycles. The van der Waals surface area contributed by atoms with Crippen LogP contribution in [0.3, 0.4) is 0 Å². The van der Waals surface area contributed by atoms with Crippen molar-refractivity contribution in [2.75, 3.05) is 32.9 Å². The SMILES string of the molecule is C/C(=C\CCC1=CCC2C(=O)N(CCO)C(=O)C2C1)CC/C=C(\C)CCOCCN. The molecule has 0 saturated carbocycles. The van der Waals surface area contributed by atoms with E-state index in [0.29, 0.717) is 26.0 Å². The molecule has 1 aliphatic heterocycles. The molecule has 2 amide bonds. The lowest BCUT2D eigenvalue weighted by Crippen LogP contribution is -2.33. The minimum Gasteiger partial charge on any atom is -0.395 e. The Bertz CT molecular complexity index is 681. The smallest absolute Gasteiger partial charge is 0.233 e. The number of amides is 2. The first-order chi connectivity index (χ1) is 14.5. The molecule has 0 bridgehead atoms. The molecule has 2 rings (SSSR count). The summed E-state index contributed by atoms with van der Waals surface area (Å²) in [5, 5.41) is 9.09. The quantitative estimate of drug-likeness (QED) is 0.272. The Balaban J connectivity index is 1.71. The van der Waals surface area contributed by atoms with Crippen LogP contribution in [0.1, 0.15) is 58.8 Å². The first-order valence-corrected chi connectivity index (χ1v) is 11.2. The Morgan fingerprint density at radius 2 is 1.83 bits per heavy atom. The van der Waals surface area contributed by atoms with Crippen LogP contribution in [0.4, 0.5) is 0 Å². The number of fused-ring (bicyclic) bond motifs is 1. The second-order valence-electron chi connectivity index (χ2n) is 8.40. The van der Waals surface area contributed by atoms with E-state index < -0.39 is 0 Å². The number of carbonyl (C=O) groups is 2. The molecule has 30 heavy (non-hydrogen) atoms. The highest BCUT2D eigenvalue weighted by Crippen LogP contribution is 2.38. The number of aliphatic hydroxyl groups is 1. The van der Waals surface area contributed by atoms with E-state index in [0.717, 1.165) is 38.7 Å². The predicted octanol–water partition coefficient (Wildman–Crippen LogP) is 3.12. The number of ether oxygens (including phenoxy) is 1. The fraction of sp³-hybridized carbons (Fsp3) is 0.667. The van der Waals surface area contributed by atoms with Crippen LogP contribution in [0, 0.1) is 11.8 Å². The van der Waals surface area contributed by atoms with E-state index in [4.69, 9.17) is 15.6 Å². The second kappa shape index (κ2) is 12.8. The molecule has 3 N–H and O–H groups in total. The molecule has 0 spiro atoms. The van der Waals surface area contributed by atoms with Gasteiger partial charge < -0.3 is 15.6 Å². The van der Waals surface area contributed by atoms with E-state index in [2.05, 4.69) is 32.1 Å². The number of β-amino-alcohol motifs (C(OH)–C–C–N with tert-alkyl or cyclic N) is 1. The first-order valence-electron chi connectivity index (χ1n) is 11.2. The van der Waals surface area contributed by atoms with Crippen LogP contribution in [0.15, 0.2) is 34.9 Å². The van der Waals surface area contributed by atoms with Gasteiger partial charge in [0, 0.05) is 6.54 Å². The Morgan fingerprint density at radius 3 is 2.57 bits per heavy atom. The van der Waals surface area contributed by atoms with Crippen molar-refractivity contribution in [2.45, 2.75) is 58.8 Å². The summed E-state index contributed by atoms with van der Waals surface area (Å²) in [6.45, 7) is 6.20. The molecule has 0 aromatic heterocycles. The number of rotatable bonds is 13. The molecule has 2 aliphatic rings. The summed E-state index contributed by atoms with van der Waals surface area (Å²) in [5.41, 5.74) is 9.43. The molecule has 1 saturated heterocycles. The van der Waals surface area contributed by atoms with E-state index in [-0.39, 0.29) is 36.8 Å². The highest BCUT2D eigenvalue weighted by atomic mass is 16.5. The van der Waals surface area contributed by atoms with Gasteiger partial charge in [0.1, 0.15) is 0 Å². The largest absolute Gasteiger partial charge is 0.395 e. The summed E-state index contributed by atoms with van der Waals surface area (Å²) in [5.74, 6) is -0.664. The Morgan fingerprint density at radius 1 is 1.13 bits per heavy atom. The van der Waals surface area contributed by atoms with Crippen LogP contribution in [0.25, 0.3) is 0 Å². The Hall–Kier alpha value is -1.76. The third-order valence-corrected chi connectivity index (χ3v) is 6.01. The van der Waals surface area contributed by atoms with Gasteiger partial charge in [-0.05, 0) is 58.8 Å². The third-order valence-electron chi connectivity index (χ3n) is 6.01. The zero-order valence-corrected chi connectivity index (χ0v) is 18.6.